The van der Waals surface area contributed by atoms with Crippen molar-refractivity contribution in [2.45, 2.75) is 31.9 Å². The van der Waals surface area contributed by atoms with Gasteiger partial charge in [0.05, 0.1) is 0 Å². The molecule has 20 heavy (non-hydrogen) atoms. The van der Waals surface area contributed by atoms with E-state index in [0.717, 1.165) is 12.8 Å². The molecule has 1 saturated carbocycles. The van der Waals surface area contributed by atoms with Crippen LogP contribution in [0.25, 0.3) is 6.08 Å². The molecule has 0 spiro atoms. The zero-order valence-corrected chi connectivity index (χ0v) is 11.1. The minimum absolute atomic E-state index is 0.228. The molecule has 1 fully saturated rings. The normalized spacial score (nSPS) is 15.9. The third-order valence-corrected chi connectivity index (χ3v) is 2.85. The van der Waals surface area contributed by atoms with Gasteiger partial charge >= 0.3 is 5.97 Å². The van der Waals surface area contributed by atoms with Crippen molar-refractivity contribution in [3.05, 3.63) is 41.7 Å². The molecule has 0 aliphatic heterocycles. The highest BCUT2D eigenvalue weighted by molar-refractivity contribution is 5.90. The molecule has 1 aromatic rings. The Bertz CT molecular complexity index is 538. The molecule has 1 aliphatic rings. The van der Waals surface area contributed by atoms with Crippen molar-refractivity contribution in [1.29, 1.82) is 0 Å². The van der Waals surface area contributed by atoms with Gasteiger partial charge in [0, 0.05) is 12.1 Å². The zero-order valence-electron chi connectivity index (χ0n) is 11.1. The van der Waals surface area contributed by atoms with Gasteiger partial charge < -0.3 is 10.1 Å². The Morgan fingerprint density at radius 3 is 2.85 bits per heavy atom. The number of rotatable bonds is 5. The van der Waals surface area contributed by atoms with E-state index in [1.54, 1.807) is 12.1 Å². The highest BCUT2D eigenvalue weighted by atomic mass is 19.1. The maximum atomic E-state index is 12.9. The average Bonchev–Trinajstić information content (AvgIpc) is 3.20. The molecule has 1 aliphatic carbocycles. The van der Waals surface area contributed by atoms with Crippen LogP contribution in [-0.4, -0.2) is 24.0 Å². The second kappa shape index (κ2) is 6.32. The van der Waals surface area contributed by atoms with Gasteiger partial charge in [-0.3, -0.25) is 4.79 Å². The van der Waals surface area contributed by atoms with Gasteiger partial charge in [-0.05, 0) is 43.5 Å². The van der Waals surface area contributed by atoms with Gasteiger partial charge in [-0.2, -0.15) is 0 Å². The minimum Gasteiger partial charge on any atom is -0.449 e. The fourth-order valence-corrected chi connectivity index (χ4v) is 1.59. The van der Waals surface area contributed by atoms with Crippen LogP contribution in [0.5, 0.6) is 0 Å². The van der Waals surface area contributed by atoms with E-state index < -0.39 is 12.1 Å². The van der Waals surface area contributed by atoms with Crippen LogP contribution < -0.4 is 5.32 Å². The second-order valence-electron chi connectivity index (χ2n) is 4.75. The highest BCUT2D eigenvalue weighted by Gasteiger charge is 2.26. The van der Waals surface area contributed by atoms with Gasteiger partial charge in [-0.15, -0.1) is 0 Å². The maximum absolute atomic E-state index is 12.9. The number of esters is 1. The topological polar surface area (TPSA) is 55.4 Å². The molecule has 1 amide bonds. The molecule has 1 N–H and O–H groups in total. The molecule has 0 radical (unpaired) electrons. The molecule has 106 valence electrons. The first-order chi connectivity index (χ1) is 9.54. The largest absolute Gasteiger partial charge is 0.449 e. The van der Waals surface area contributed by atoms with Gasteiger partial charge in [-0.25, -0.2) is 9.18 Å². The fraction of sp³-hybridized carbons (Fsp3) is 0.333. The van der Waals surface area contributed by atoms with E-state index in [4.69, 9.17) is 4.74 Å². The molecule has 2 rings (SSSR count). The number of carbonyl (C=O) groups excluding carboxylic acids is 2. The average molecular weight is 277 g/mol. The van der Waals surface area contributed by atoms with Crippen LogP contribution in [0.15, 0.2) is 30.3 Å². The van der Waals surface area contributed by atoms with Crippen LogP contribution in [0.4, 0.5) is 4.39 Å². The molecule has 5 heteroatoms. The van der Waals surface area contributed by atoms with Gasteiger partial charge in [0.2, 0.25) is 0 Å². The SMILES string of the molecule is CC(OC(=O)/C=C/c1cccc(F)c1)C(=O)NC1CC1. The Kier molecular flexibility index (Phi) is 4.50. The summed E-state index contributed by atoms with van der Waals surface area (Å²) in [6.07, 6.45) is 3.74. The second-order valence-corrected chi connectivity index (χ2v) is 4.75. The van der Waals surface area contributed by atoms with E-state index >= 15 is 0 Å². The highest BCUT2D eigenvalue weighted by Crippen LogP contribution is 2.18. The van der Waals surface area contributed by atoms with Gasteiger partial charge in [-0.1, -0.05) is 12.1 Å². The fourth-order valence-electron chi connectivity index (χ4n) is 1.59. The van der Waals surface area contributed by atoms with Crippen molar-refractivity contribution >= 4 is 18.0 Å². The Labute approximate surface area is 116 Å². The molecule has 1 unspecified atom stereocenters. The first kappa shape index (κ1) is 14.2. The molecule has 1 atom stereocenters. The lowest BCUT2D eigenvalue weighted by Gasteiger charge is -2.11. The molecule has 4 nitrogen and oxygen atoms in total. The Morgan fingerprint density at radius 2 is 2.20 bits per heavy atom. The Balaban J connectivity index is 1.83. The van der Waals surface area contributed by atoms with E-state index in [2.05, 4.69) is 5.32 Å². The third-order valence-electron chi connectivity index (χ3n) is 2.85. The van der Waals surface area contributed by atoms with Crippen LogP contribution in [0.1, 0.15) is 25.3 Å². The number of hydrogen-bond donors (Lipinski definition) is 1. The number of benzene rings is 1. The van der Waals surface area contributed by atoms with E-state index in [9.17, 15) is 14.0 Å². The summed E-state index contributed by atoms with van der Waals surface area (Å²) in [5, 5.41) is 2.75. The molecular weight excluding hydrogens is 261 g/mol. The Hall–Kier alpha value is -2.17. The summed E-state index contributed by atoms with van der Waals surface area (Å²) in [6, 6.07) is 6.06. The first-order valence-electron chi connectivity index (χ1n) is 6.49. The van der Waals surface area contributed by atoms with Gasteiger partial charge in [0.1, 0.15) is 5.82 Å². The van der Waals surface area contributed by atoms with Crippen LogP contribution in [0.3, 0.4) is 0 Å². The number of halogens is 1. The van der Waals surface area contributed by atoms with Crippen molar-refractivity contribution in [2.24, 2.45) is 0 Å². The third kappa shape index (κ3) is 4.50. The summed E-state index contributed by atoms with van der Waals surface area (Å²) in [4.78, 5) is 23.1. The monoisotopic (exact) mass is 277 g/mol. The minimum atomic E-state index is -0.833. The van der Waals surface area contributed by atoms with Crippen LogP contribution in [-0.2, 0) is 14.3 Å². The summed E-state index contributed by atoms with van der Waals surface area (Å²) in [5.74, 6) is -1.30. The predicted octanol–water partition coefficient (Wildman–Crippen LogP) is 2.05. The number of amides is 1. The lowest BCUT2D eigenvalue weighted by atomic mass is 10.2. The van der Waals surface area contributed by atoms with Crippen molar-refractivity contribution in [1.82, 2.24) is 5.32 Å². The summed E-state index contributed by atoms with van der Waals surface area (Å²) in [5.41, 5.74) is 0.553. The predicted molar refractivity (Wildman–Crippen MR) is 72.2 cm³/mol. The smallest absolute Gasteiger partial charge is 0.331 e. The molecule has 0 bridgehead atoms. The van der Waals surface area contributed by atoms with Crippen molar-refractivity contribution in [3.63, 3.8) is 0 Å². The molecule has 0 heterocycles. The number of carbonyl (C=O) groups is 2. The van der Waals surface area contributed by atoms with Gasteiger partial charge in [0.25, 0.3) is 5.91 Å². The van der Waals surface area contributed by atoms with Gasteiger partial charge in [0.15, 0.2) is 6.10 Å². The molecule has 0 aromatic heterocycles. The van der Waals surface area contributed by atoms with Crippen molar-refractivity contribution in [2.75, 3.05) is 0 Å². The number of hydrogen-bond acceptors (Lipinski definition) is 3. The summed E-state index contributed by atoms with van der Waals surface area (Å²) in [7, 11) is 0. The van der Waals surface area contributed by atoms with Crippen molar-refractivity contribution in [3.8, 4) is 0 Å². The Morgan fingerprint density at radius 1 is 1.45 bits per heavy atom. The van der Waals surface area contributed by atoms with Crippen molar-refractivity contribution < 1.29 is 18.7 Å². The van der Waals surface area contributed by atoms with Crippen LogP contribution in [0, 0.1) is 5.82 Å². The van der Waals surface area contributed by atoms with E-state index in [1.807, 2.05) is 0 Å². The summed E-state index contributed by atoms with van der Waals surface area (Å²) < 4.78 is 17.9. The number of ether oxygens (including phenoxy) is 1. The lowest BCUT2D eigenvalue weighted by Crippen LogP contribution is -2.36. The number of nitrogens with one attached hydrogen (secondary N) is 1. The standard InChI is InChI=1S/C15H16FNO3/c1-10(15(19)17-13-6-7-13)20-14(18)8-5-11-3-2-4-12(16)9-11/h2-5,8-10,13H,6-7H2,1H3,(H,17,19)/b8-5+. The quantitative estimate of drug-likeness (QED) is 0.662. The lowest BCUT2D eigenvalue weighted by molar-refractivity contribution is -0.150. The van der Waals surface area contributed by atoms with Crippen LogP contribution in [0.2, 0.25) is 0 Å². The first-order valence-corrected chi connectivity index (χ1v) is 6.49. The zero-order chi connectivity index (χ0) is 14.5. The van der Waals surface area contributed by atoms with E-state index in [1.165, 1.54) is 31.2 Å². The molecule has 0 saturated heterocycles. The summed E-state index contributed by atoms with van der Waals surface area (Å²) in [6.45, 7) is 1.52. The summed E-state index contributed by atoms with van der Waals surface area (Å²) >= 11 is 0. The van der Waals surface area contributed by atoms with E-state index in [0.29, 0.717) is 5.56 Å². The van der Waals surface area contributed by atoms with E-state index in [-0.39, 0.29) is 17.8 Å². The maximum Gasteiger partial charge on any atom is 0.331 e. The van der Waals surface area contributed by atoms with Crippen LogP contribution >= 0.6 is 0 Å². The molecular formula is C15H16FNO3. The molecule has 1 aromatic carbocycles.